The van der Waals surface area contributed by atoms with Gasteiger partial charge in [-0.2, -0.15) is 0 Å². The smallest absolute Gasteiger partial charge is 0.255 e. The summed E-state index contributed by atoms with van der Waals surface area (Å²) < 4.78 is 13.8. The number of benzene rings is 2. The van der Waals surface area contributed by atoms with Crippen molar-refractivity contribution in [2.75, 3.05) is 5.32 Å². The number of rotatable bonds is 4. The topological polar surface area (TPSA) is 55.1 Å². The summed E-state index contributed by atoms with van der Waals surface area (Å²) in [5.41, 5.74) is 7.33. The molecule has 0 atom stereocenters. The van der Waals surface area contributed by atoms with E-state index in [1.165, 1.54) is 12.1 Å². The highest BCUT2D eigenvalue weighted by atomic mass is 32.1. The van der Waals surface area contributed by atoms with Crippen LogP contribution in [0.3, 0.4) is 0 Å². The van der Waals surface area contributed by atoms with Gasteiger partial charge in [-0.25, -0.2) is 4.39 Å². The first-order valence-corrected chi connectivity index (χ1v) is 6.93. The highest BCUT2D eigenvalue weighted by Gasteiger charge is 2.15. The summed E-state index contributed by atoms with van der Waals surface area (Å²) in [5.74, 6) is -0.861. The fourth-order valence-corrected chi connectivity index (χ4v) is 2.33. The molecule has 3 N–H and O–H groups in total. The van der Waals surface area contributed by atoms with E-state index in [2.05, 4.69) is 5.32 Å². The van der Waals surface area contributed by atoms with Crippen LogP contribution in [0.5, 0.6) is 0 Å². The van der Waals surface area contributed by atoms with Crippen molar-refractivity contribution in [2.45, 2.75) is 13.3 Å². The standard InChI is InChI=1S/C16H15FN2OS/c1-2-10-6-3-4-7-11(10)16(20)19-13-9-5-8-12(17)14(13)15(18)21/h3-9H,2H2,1H3,(H2,18,21)(H,19,20). The van der Waals surface area contributed by atoms with E-state index in [1.807, 2.05) is 19.1 Å². The molecule has 1 amide bonds. The lowest BCUT2D eigenvalue weighted by Crippen LogP contribution is -2.19. The second-order valence-corrected chi connectivity index (χ2v) is 4.93. The molecule has 0 aliphatic rings. The Morgan fingerprint density at radius 3 is 2.62 bits per heavy atom. The van der Waals surface area contributed by atoms with Crippen LogP contribution in [0.15, 0.2) is 42.5 Å². The van der Waals surface area contributed by atoms with E-state index >= 15 is 0 Å². The molecule has 5 heteroatoms. The average Bonchev–Trinajstić information content (AvgIpc) is 2.46. The minimum absolute atomic E-state index is 0.0508. The molecule has 0 aliphatic heterocycles. The van der Waals surface area contributed by atoms with Crippen molar-refractivity contribution in [1.29, 1.82) is 0 Å². The van der Waals surface area contributed by atoms with Crippen LogP contribution in [-0.2, 0) is 6.42 Å². The van der Waals surface area contributed by atoms with E-state index in [9.17, 15) is 9.18 Å². The van der Waals surface area contributed by atoms with Gasteiger partial charge >= 0.3 is 0 Å². The van der Waals surface area contributed by atoms with Crippen LogP contribution in [0.4, 0.5) is 10.1 Å². The number of hydrogen-bond acceptors (Lipinski definition) is 2. The number of anilines is 1. The molecular weight excluding hydrogens is 287 g/mol. The summed E-state index contributed by atoms with van der Waals surface area (Å²) in [4.78, 5) is 12.3. The number of hydrogen-bond donors (Lipinski definition) is 2. The van der Waals surface area contributed by atoms with Gasteiger partial charge in [-0.3, -0.25) is 4.79 Å². The van der Waals surface area contributed by atoms with Crippen molar-refractivity contribution >= 4 is 28.8 Å². The van der Waals surface area contributed by atoms with Gasteiger partial charge in [0.1, 0.15) is 10.8 Å². The van der Waals surface area contributed by atoms with Crippen LogP contribution in [-0.4, -0.2) is 10.9 Å². The number of amides is 1. The lowest BCUT2D eigenvalue weighted by Gasteiger charge is -2.12. The molecule has 0 heterocycles. The molecule has 0 unspecified atom stereocenters. The van der Waals surface area contributed by atoms with Gasteiger partial charge in [0.05, 0.1) is 11.3 Å². The normalized spacial score (nSPS) is 10.2. The number of thiocarbonyl (C=S) groups is 1. The third-order valence-electron chi connectivity index (χ3n) is 3.15. The molecule has 0 saturated carbocycles. The van der Waals surface area contributed by atoms with Crippen molar-refractivity contribution in [3.63, 3.8) is 0 Å². The maximum absolute atomic E-state index is 13.8. The Morgan fingerprint density at radius 1 is 1.24 bits per heavy atom. The van der Waals surface area contributed by atoms with Gasteiger partial charge in [-0.05, 0) is 30.2 Å². The Hall–Kier alpha value is -2.27. The molecule has 0 bridgehead atoms. The molecular formula is C16H15FN2OS. The van der Waals surface area contributed by atoms with Gasteiger partial charge in [0.25, 0.3) is 5.91 Å². The Labute approximate surface area is 128 Å². The molecule has 0 saturated heterocycles. The van der Waals surface area contributed by atoms with Gasteiger partial charge in [-0.1, -0.05) is 43.4 Å². The van der Waals surface area contributed by atoms with Crippen molar-refractivity contribution < 1.29 is 9.18 Å². The van der Waals surface area contributed by atoms with E-state index < -0.39 is 5.82 Å². The summed E-state index contributed by atoms with van der Waals surface area (Å²) in [5, 5.41) is 2.68. The molecule has 3 nitrogen and oxygen atoms in total. The first kappa shape index (κ1) is 15.1. The Morgan fingerprint density at radius 2 is 1.95 bits per heavy atom. The first-order chi connectivity index (χ1) is 10.0. The second kappa shape index (κ2) is 6.45. The molecule has 0 fully saturated rings. The summed E-state index contributed by atoms with van der Waals surface area (Å²) in [7, 11) is 0. The molecule has 0 spiro atoms. The van der Waals surface area contributed by atoms with Gasteiger partial charge in [0.2, 0.25) is 0 Å². The van der Waals surface area contributed by atoms with Crippen LogP contribution in [0.2, 0.25) is 0 Å². The van der Waals surface area contributed by atoms with E-state index in [-0.39, 0.29) is 22.1 Å². The van der Waals surface area contributed by atoms with Crippen molar-refractivity contribution in [2.24, 2.45) is 5.73 Å². The van der Waals surface area contributed by atoms with E-state index in [0.29, 0.717) is 5.56 Å². The molecule has 21 heavy (non-hydrogen) atoms. The van der Waals surface area contributed by atoms with Gasteiger partial charge in [0.15, 0.2) is 0 Å². The Bertz CT molecular complexity index is 700. The SMILES string of the molecule is CCc1ccccc1C(=O)Nc1cccc(F)c1C(N)=S. The maximum Gasteiger partial charge on any atom is 0.255 e. The summed E-state index contributed by atoms with van der Waals surface area (Å²) in [6, 6.07) is 11.6. The van der Waals surface area contributed by atoms with Crippen LogP contribution in [0.1, 0.15) is 28.4 Å². The third kappa shape index (κ3) is 3.25. The van der Waals surface area contributed by atoms with Gasteiger partial charge < -0.3 is 11.1 Å². The third-order valence-corrected chi connectivity index (χ3v) is 3.36. The fraction of sp³-hybridized carbons (Fsp3) is 0.125. The Kier molecular flexibility index (Phi) is 4.65. The largest absolute Gasteiger partial charge is 0.389 e. The van der Waals surface area contributed by atoms with Crippen LogP contribution >= 0.6 is 12.2 Å². The van der Waals surface area contributed by atoms with Crippen molar-refractivity contribution in [1.82, 2.24) is 0 Å². The number of carbonyl (C=O) groups excluding carboxylic acids is 1. The number of carbonyl (C=O) groups is 1. The maximum atomic E-state index is 13.8. The number of halogens is 1. The summed E-state index contributed by atoms with van der Waals surface area (Å²) in [6.07, 6.45) is 0.731. The molecule has 2 rings (SSSR count). The average molecular weight is 302 g/mol. The lowest BCUT2D eigenvalue weighted by atomic mass is 10.0. The number of nitrogens with two attached hydrogens (primary N) is 1. The predicted molar refractivity (Wildman–Crippen MR) is 86.1 cm³/mol. The molecule has 2 aromatic rings. The molecule has 0 radical (unpaired) electrons. The fourth-order valence-electron chi connectivity index (χ4n) is 2.12. The predicted octanol–water partition coefficient (Wildman–Crippen LogP) is 3.27. The second-order valence-electron chi connectivity index (χ2n) is 4.49. The Balaban J connectivity index is 2.37. The monoisotopic (exact) mass is 302 g/mol. The van der Waals surface area contributed by atoms with Crippen LogP contribution < -0.4 is 11.1 Å². The number of nitrogens with one attached hydrogen (secondary N) is 1. The summed E-state index contributed by atoms with van der Waals surface area (Å²) >= 11 is 4.84. The lowest BCUT2D eigenvalue weighted by molar-refractivity contribution is 0.102. The molecule has 0 aliphatic carbocycles. The number of aryl methyl sites for hydroxylation is 1. The van der Waals surface area contributed by atoms with Crippen molar-refractivity contribution in [3.8, 4) is 0 Å². The minimum Gasteiger partial charge on any atom is -0.389 e. The summed E-state index contributed by atoms with van der Waals surface area (Å²) in [6.45, 7) is 1.97. The zero-order chi connectivity index (χ0) is 15.4. The van der Waals surface area contributed by atoms with Crippen LogP contribution in [0.25, 0.3) is 0 Å². The quantitative estimate of drug-likeness (QED) is 0.852. The molecule has 108 valence electrons. The minimum atomic E-state index is -0.552. The van der Waals surface area contributed by atoms with E-state index in [4.69, 9.17) is 18.0 Å². The van der Waals surface area contributed by atoms with Crippen molar-refractivity contribution in [3.05, 3.63) is 65.0 Å². The van der Waals surface area contributed by atoms with Gasteiger partial charge in [0, 0.05) is 5.56 Å². The molecule has 2 aromatic carbocycles. The highest BCUT2D eigenvalue weighted by Crippen LogP contribution is 2.20. The van der Waals surface area contributed by atoms with Crippen LogP contribution in [0, 0.1) is 5.82 Å². The molecule has 0 aromatic heterocycles. The zero-order valence-corrected chi connectivity index (χ0v) is 12.3. The first-order valence-electron chi connectivity index (χ1n) is 6.52. The van der Waals surface area contributed by atoms with E-state index in [1.54, 1.807) is 18.2 Å². The van der Waals surface area contributed by atoms with E-state index in [0.717, 1.165) is 12.0 Å². The van der Waals surface area contributed by atoms with Gasteiger partial charge in [-0.15, -0.1) is 0 Å². The zero-order valence-electron chi connectivity index (χ0n) is 11.5. The highest BCUT2D eigenvalue weighted by molar-refractivity contribution is 7.80.